The second-order valence-corrected chi connectivity index (χ2v) is 3.80. The third-order valence-electron chi connectivity index (χ3n) is 1.84. The number of halogens is 2. The average molecular weight is 282 g/mol. The lowest BCUT2D eigenvalue weighted by Gasteiger charge is -2.04. The lowest BCUT2D eigenvalue weighted by Crippen LogP contribution is -1.92. The first-order chi connectivity index (χ1) is 8.17. The highest BCUT2D eigenvalue weighted by Crippen LogP contribution is 2.25. The Hall–Kier alpha value is -0.320. The molecular weight excluding hydrogens is 261 g/mol. The summed E-state index contributed by atoms with van der Waals surface area (Å²) in [4.78, 5) is 0. The van der Waals surface area contributed by atoms with Crippen molar-refractivity contribution in [1.82, 2.24) is 0 Å². The number of hydrogen-bond acceptors (Lipinski definition) is 3. The number of hydrogen-bond donors (Lipinski definition) is 3. The van der Waals surface area contributed by atoms with E-state index in [0.717, 1.165) is 35.6 Å². The summed E-state index contributed by atoms with van der Waals surface area (Å²) in [6, 6.07) is 5.65. The summed E-state index contributed by atoms with van der Waals surface area (Å²) >= 11 is 12.0. The number of unbranched alkanes of at least 4 members (excludes halogenated alkanes) is 1. The second-order valence-electron chi connectivity index (χ2n) is 2.99. The number of nitrogens with two attached hydrogens (primary N) is 1. The molecule has 100 valence electrons. The normalized spacial score (nSPS) is 8.65. The maximum atomic E-state index is 7.35. The van der Waals surface area contributed by atoms with Crippen LogP contribution in [-0.4, -0.2) is 24.1 Å². The van der Waals surface area contributed by atoms with Crippen LogP contribution in [0.1, 0.15) is 25.3 Å². The van der Waals surface area contributed by atoms with E-state index >= 15 is 0 Å². The van der Waals surface area contributed by atoms with E-state index in [1.807, 2.05) is 18.2 Å². The van der Waals surface area contributed by atoms with Crippen LogP contribution >= 0.6 is 23.2 Å². The monoisotopic (exact) mass is 281 g/mol. The van der Waals surface area contributed by atoms with E-state index in [4.69, 9.17) is 33.4 Å². The Kier molecular flexibility index (Phi) is 15.4. The molecule has 0 bridgehead atoms. The second kappa shape index (κ2) is 13.7. The first kappa shape index (κ1) is 19.0. The van der Waals surface area contributed by atoms with Gasteiger partial charge in [0.15, 0.2) is 0 Å². The van der Waals surface area contributed by atoms with Crippen LogP contribution in [-0.2, 0) is 6.42 Å². The highest BCUT2D eigenvalue weighted by atomic mass is 35.5. The van der Waals surface area contributed by atoms with Gasteiger partial charge in [-0.2, -0.15) is 0 Å². The number of aliphatic hydroxyl groups excluding tert-OH is 2. The number of rotatable bonds is 3. The first-order valence-electron chi connectivity index (χ1n) is 5.35. The Morgan fingerprint density at radius 3 is 1.94 bits per heavy atom. The van der Waals surface area contributed by atoms with Gasteiger partial charge in [-0.05, 0) is 30.5 Å². The molecule has 0 spiro atoms. The molecule has 4 N–H and O–H groups in total. The van der Waals surface area contributed by atoms with Gasteiger partial charge in [0.25, 0.3) is 0 Å². The highest BCUT2D eigenvalue weighted by Gasteiger charge is 2.03. The predicted molar refractivity (Wildman–Crippen MR) is 74.5 cm³/mol. The molecule has 0 saturated carbocycles. The number of aliphatic hydroxyl groups is 2. The molecule has 0 saturated heterocycles. The van der Waals surface area contributed by atoms with E-state index in [-0.39, 0.29) is 6.73 Å². The van der Waals surface area contributed by atoms with Crippen molar-refractivity contribution < 1.29 is 10.2 Å². The standard InChI is InChI=1S/C10H12Cl2.CH5NO.CH4O/c1-2-3-5-8-9(11)6-4-7-10(8)12;2-1-3;1-2/h4,6-7H,2-3,5H2,1H3;3H,1-2H2;2H,1H3. The molecule has 0 atom stereocenters. The summed E-state index contributed by atoms with van der Waals surface area (Å²) in [5.74, 6) is 0. The van der Waals surface area contributed by atoms with E-state index in [2.05, 4.69) is 12.7 Å². The topological polar surface area (TPSA) is 66.5 Å². The lowest BCUT2D eigenvalue weighted by molar-refractivity contribution is 0.307. The minimum atomic E-state index is -0.250. The smallest absolute Gasteiger partial charge is 0.0906 e. The predicted octanol–water partition coefficient (Wildman–Crippen LogP) is 2.84. The molecule has 0 unspecified atom stereocenters. The van der Waals surface area contributed by atoms with Crippen LogP contribution in [0.15, 0.2) is 18.2 Å². The Balaban J connectivity index is 0. The van der Waals surface area contributed by atoms with Gasteiger partial charge in [-0.3, -0.25) is 0 Å². The molecule has 1 rings (SSSR count). The van der Waals surface area contributed by atoms with Gasteiger partial charge in [0, 0.05) is 17.2 Å². The summed E-state index contributed by atoms with van der Waals surface area (Å²) in [6.07, 6.45) is 3.29. The maximum absolute atomic E-state index is 7.35. The molecule has 0 amide bonds. The molecule has 0 aliphatic carbocycles. The van der Waals surface area contributed by atoms with Gasteiger partial charge < -0.3 is 15.9 Å². The molecule has 0 radical (unpaired) electrons. The Bertz CT molecular complexity index is 263. The Labute approximate surface area is 113 Å². The van der Waals surface area contributed by atoms with E-state index in [1.165, 1.54) is 6.42 Å². The highest BCUT2D eigenvalue weighted by molar-refractivity contribution is 6.35. The molecule has 5 heteroatoms. The fraction of sp³-hybridized carbons (Fsp3) is 0.500. The van der Waals surface area contributed by atoms with Gasteiger partial charge in [0.2, 0.25) is 0 Å². The van der Waals surface area contributed by atoms with Crippen LogP contribution < -0.4 is 5.73 Å². The van der Waals surface area contributed by atoms with Crippen molar-refractivity contribution in [1.29, 1.82) is 0 Å². The van der Waals surface area contributed by atoms with Crippen LogP contribution in [0, 0.1) is 0 Å². The summed E-state index contributed by atoms with van der Waals surface area (Å²) < 4.78 is 0. The molecule has 0 aliphatic heterocycles. The Morgan fingerprint density at radius 1 is 1.18 bits per heavy atom. The van der Waals surface area contributed by atoms with Crippen molar-refractivity contribution in [2.75, 3.05) is 13.8 Å². The summed E-state index contributed by atoms with van der Waals surface area (Å²) in [6.45, 7) is 1.91. The van der Waals surface area contributed by atoms with Crippen LogP contribution in [0.3, 0.4) is 0 Å². The molecule has 0 aliphatic rings. The van der Waals surface area contributed by atoms with E-state index < -0.39 is 0 Å². The zero-order chi connectivity index (χ0) is 13.7. The van der Waals surface area contributed by atoms with Gasteiger partial charge >= 0.3 is 0 Å². The van der Waals surface area contributed by atoms with Crippen LogP contribution in [0.4, 0.5) is 0 Å². The zero-order valence-corrected chi connectivity index (χ0v) is 11.8. The first-order valence-corrected chi connectivity index (χ1v) is 6.11. The van der Waals surface area contributed by atoms with E-state index in [0.29, 0.717) is 0 Å². The van der Waals surface area contributed by atoms with Crippen LogP contribution in [0.2, 0.25) is 10.0 Å². The van der Waals surface area contributed by atoms with Crippen molar-refractivity contribution in [3.8, 4) is 0 Å². The van der Waals surface area contributed by atoms with E-state index in [1.54, 1.807) is 0 Å². The third kappa shape index (κ3) is 9.39. The summed E-state index contributed by atoms with van der Waals surface area (Å²) in [7, 11) is 1.00. The molecule has 0 heterocycles. The maximum Gasteiger partial charge on any atom is 0.0906 e. The van der Waals surface area contributed by atoms with Gasteiger partial charge in [-0.25, -0.2) is 0 Å². The molecular formula is C12H21Cl2NO2. The van der Waals surface area contributed by atoms with Crippen molar-refractivity contribution >= 4 is 23.2 Å². The van der Waals surface area contributed by atoms with Crippen molar-refractivity contribution in [3.05, 3.63) is 33.8 Å². The fourth-order valence-corrected chi connectivity index (χ4v) is 1.71. The van der Waals surface area contributed by atoms with Crippen molar-refractivity contribution in [3.63, 3.8) is 0 Å². The van der Waals surface area contributed by atoms with Crippen molar-refractivity contribution in [2.24, 2.45) is 5.73 Å². The minimum absolute atomic E-state index is 0.250. The summed E-state index contributed by atoms with van der Waals surface area (Å²) in [5, 5.41) is 15.9. The minimum Gasteiger partial charge on any atom is -0.400 e. The van der Waals surface area contributed by atoms with Gasteiger partial charge in [0.1, 0.15) is 0 Å². The van der Waals surface area contributed by atoms with Gasteiger partial charge in [-0.15, -0.1) is 0 Å². The zero-order valence-electron chi connectivity index (χ0n) is 10.3. The van der Waals surface area contributed by atoms with Crippen LogP contribution in [0.5, 0.6) is 0 Å². The van der Waals surface area contributed by atoms with Crippen LogP contribution in [0.25, 0.3) is 0 Å². The lowest BCUT2D eigenvalue weighted by atomic mass is 10.1. The fourth-order valence-electron chi connectivity index (χ4n) is 1.12. The van der Waals surface area contributed by atoms with Gasteiger partial charge in [-0.1, -0.05) is 42.6 Å². The number of benzene rings is 1. The Morgan fingerprint density at radius 2 is 1.59 bits per heavy atom. The summed E-state index contributed by atoms with van der Waals surface area (Å²) in [5.41, 5.74) is 5.49. The quantitative estimate of drug-likeness (QED) is 0.747. The molecule has 1 aromatic carbocycles. The molecule has 0 fully saturated rings. The van der Waals surface area contributed by atoms with E-state index in [9.17, 15) is 0 Å². The SMILES string of the molecule is CCCCc1c(Cl)cccc1Cl.CO.NCO. The molecule has 17 heavy (non-hydrogen) atoms. The molecule has 3 nitrogen and oxygen atoms in total. The van der Waals surface area contributed by atoms with Crippen molar-refractivity contribution in [2.45, 2.75) is 26.2 Å². The third-order valence-corrected chi connectivity index (χ3v) is 2.55. The van der Waals surface area contributed by atoms with Gasteiger partial charge in [0.05, 0.1) is 6.73 Å². The molecule has 1 aromatic rings. The average Bonchev–Trinajstić information content (AvgIpc) is 2.32. The largest absolute Gasteiger partial charge is 0.400 e. The molecule has 0 aromatic heterocycles.